The van der Waals surface area contributed by atoms with E-state index in [9.17, 15) is 4.79 Å². The standard InChI is InChI=1S/C16H21NO3/c1-16(10-19-9-14(16)17)15(18)8-13-12-5-3-2-4-11(12)6-7-20-13/h2-5,13-14H,6-10,17H2,1H3. The zero-order chi connectivity index (χ0) is 14.2. The molecule has 20 heavy (non-hydrogen) atoms. The Balaban J connectivity index is 1.77. The Labute approximate surface area is 119 Å². The lowest BCUT2D eigenvalue weighted by molar-refractivity contribution is -0.131. The van der Waals surface area contributed by atoms with E-state index in [1.807, 2.05) is 19.1 Å². The average molecular weight is 275 g/mol. The smallest absolute Gasteiger partial charge is 0.145 e. The summed E-state index contributed by atoms with van der Waals surface area (Å²) in [5.74, 6) is 0.143. The Hall–Kier alpha value is -1.23. The van der Waals surface area contributed by atoms with Crippen LogP contribution in [0.5, 0.6) is 0 Å². The Morgan fingerprint density at radius 1 is 1.45 bits per heavy atom. The number of hydrogen-bond donors (Lipinski definition) is 1. The first-order valence-corrected chi connectivity index (χ1v) is 7.17. The summed E-state index contributed by atoms with van der Waals surface area (Å²) >= 11 is 0. The second-order valence-corrected chi connectivity index (χ2v) is 5.97. The largest absolute Gasteiger partial charge is 0.379 e. The Morgan fingerprint density at radius 3 is 3.00 bits per heavy atom. The van der Waals surface area contributed by atoms with E-state index in [-0.39, 0.29) is 17.9 Å². The molecule has 3 unspecified atom stereocenters. The molecular weight excluding hydrogens is 254 g/mol. The van der Waals surface area contributed by atoms with Gasteiger partial charge in [-0.1, -0.05) is 24.3 Å². The predicted octanol–water partition coefficient (Wildman–Crippen LogP) is 1.62. The molecule has 0 spiro atoms. The minimum absolute atomic E-state index is 0.142. The van der Waals surface area contributed by atoms with Gasteiger partial charge in [0.25, 0.3) is 0 Å². The molecule has 0 amide bonds. The number of rotatable bonds is 3. The number of ether oxygens (including phenoxy) is 2. The number of fused-ring (bicyclic) bond motifs is 1. The highest BCUT2D eigenvalue weighted by Gasteiger charge is 2.44. The highest BCUT2D eigenvalue weighted by Crippen LogP contribution is 2.35. The monoisotopic (exact) mass is 275 g/mol. The second kappa shape index (κ2) is 5.28. The van der Waals surface area contributed by atoms with Crippen molar-refractivity contribution >= 4 is 5.78 Å². The number of ketones is 1. The van der Waals surface area contributed by atoms with Crippen LogP contribution >= 0.6 is 0 Å². The van der Waals surface area contributed by atoms with E-state index in [0.29, 0.717) is 26.2 Å². The summed E-state index contributed by atoms with van der Waals surface area (Å²) in [6.45, 7) is 3.46. The van der Waals surface area contributed by atoms with E-state index in [1.54, 1.807) is 0 Å². The van der Waals surface area contributed by atoms with Gasteiger partial charge in [0.1, 0.15) is 5.78 Å². The molecule has 4 heteroatoms. The summed E-state index contributed by atoms with van der Waals surface area (Å²) in [6.07, 6.45) is 1.16. The Bertz CT molecular complexity index is 516. The van der Waals surface area contributed by atoms with Crippen LogP contribution in [-0.2, 0) is 20.7 Å². The van der Waals surface area contributed by atoms with Crippen LogP contribution in [0, 0.1) is 5.41 Å². The summed E-state index contributed by atoms with van der Waals surface area (Å²) in [5, 5.41) is 0. The lowest BCUT2D eigenvalue weighted by Gasteiger charge is -2.30. The highest BCUT2D eigenvalue weighted by atomic mass is 16.5. The maximum Gasteiger partial charge on any atom is 0.145 e. The van der Waals surface area contributed by atoms with Crippen LogP contribution in [0.15, 0.2) is 24.3 Å². The quantitative estimate of drug-likeness (QED) is 0.910. The number of carbonyl (C=O) groups is 1. The van der Waals surface area contributed by atoms with Crippen LogP contribution < -0.4 is 5.73 Å². The van der Waals surface area contributed by atoms with Gasteiger partial charge in [-0.15, -0.1) is 0 Å². The number of benzene rings is 1. The fourth-order valence-electron chi connectivity index (χ4n) is 3.02. The molecular formula is C16H21NO3. The van der Waals surface area contributed by atoms with Gasteiger partial charge >= 0.3 is 0 Å². The molecule has 1 aromatic carbocycles. The second-order valence-electron chi connectivity index (χ2n) is 5.97. The van der Waals surface area contributed by atoms with Gasteiger partial charge in [0.05, 0.1) is 31.3 Å². The molecule has 0 aromatic heterocycles. The number of Topliss-reactive ketones (excluding diaryl/α,β-unsaturated/α-hetero) is 1. The van der Waals surface area contributed by atoms with Crippen LogP contribution in [0.1, 0.15) is 30.6 Å². The Kier molecular flexibility index (Phi) is 3.63. The molecule has 1 aromatic rings. The molecule has 3 rings (SSSR count). The molecule has 0 radical (unpaired) electrons. The van der Waals surface area contributed by atoms with E-state index in [2.05, 4.69) is 12.1 Å². The molecule has 3 atom stereocenters. The van der Waals surface area contributed by atoms with E-state index >= 15 is 0 Å². The first-order chi connectivity index (χ1) is 9.61. The summed E-state index contributed by atoms with van der Waals surface area (Å²) in [5.41, 5.74) is 7.88. The minimum atomic E-state index is -0.574. The maximum absolute atomic E-state index is 12.6. The van der Waals surface area contributed by atoms with E-state index in [1.165, 1.54) is 5.56 Å². The van der Waals surface area contributed by atoms with Gasteiger partial charge in [0.2, 0.25) is 0 Å². The third-order valence-corrected chi connectivity index (χ3v) is 4.62. The maximum atomic E-state index is 12.6. The summed E-state index contributed by atoms with van der Waals surface area (Å²) in [7, 11) is 0. The topological polar surface area (TPSA) is 61.5 Å². The van der Waals surface area contributed by atoms with Crippen LogP contribution in [0.25, 0.3) is 0 Å². The van der Waals surface area contributed by atoms with E-state index in [4.69, 9.17) is 15.2 Å². The third-order valence-electron chi connectivity index (χ3n) is 4.62. The number of nitrogens with two attached hydrogens (primary N) is 1. The van der Waals surface area contributed by atoms with Crippen molar-refractivity contribution in [2.45, 2.75) is 31.9 Å². The minimum Gasteiger partial charge on any atom is -0.379 e. The lowest BCUT2D eigenvalue weighted by Crippen LogP contribution is -2.45. The van der Waals surface area contributed by atoms with Crippen molar-refractivity contribution < 1.29 is 14.3 Å². The van der Waals surface area contributed by atoms with Crippen molar-refractivity contribution in [3.8, 4) is 0 Å². The SMILES string of the molecule is CC1(C(=O)CC2OCCc3ccccc32)COCC1N. The van der Waals surface area contributed by atoms with Crippen LogP contribution in [-0.4, -0.2) is 31.6 Å². The van der Waals surface area contributed by atoms with Gasteiger partial charge in [-0.2, -0.15) is 0 Å². The van der Waals surface area contributed by atoms with Gasteiger partial charge in [0.15, 0.2) is 0 Å². The first kappa shape index (κ1) is 13.7. The van der Waals surface area contributed by atoms with E-state index < -0.39 is 5.41 Å². The molecule has 108 valence electrons. The zero-order valence-corrected chi connectivity index (χ0v) is 11.8. The molecule has 2 aliphatic heterocycles. The molecule has 0 saturated carbocycles. The summed E-state index contributed by atoms with van der Waals surface area (Å²) in [4.78, 5) is 12.6. The zero-order valence-electron chi connectivity index (χ0n) is 11.8. The third kappa shape index (κ3) is 2.28. The Morgan fingerprint density at radius 2 is 2.25 bits per heavy atom. The molecule has 0 bridgehead atoms. The predicted molar refractivity (Wildman–Crippen MR) is 75.4 cm³/mol. The van der Waals surface area contributed by atoms with Crippen LogP contribution in [0.2, 0.25) is 0 Å². The van der Waals surface area contributed by atoms with Crippen molar-refractivity contribution in [3.05, 3.63) is 35.4 Å². The fourth-order valence-corrected chi connectivity index (χ4v) is 3.02. The van der Waals surface area contributed by atoms with Crippen molar-refractivity contribution in [1.29, 1.82) is 0 Å². The van der Waals surface area contributed by atoms with E-state index in [0.717, 1.165) is 12.0 Å². The lowest BCUT2D eigenvalue weighted by atomic mass is 9.78. The van der Waals surface area contributed by atoms with Crippen molar-refractivity contribution in [1.82, 2.24) is 0 Å². The molecule has 2 N–H and O–H groups in total. The fraction of sp³-hybridized carbons (Fsp3) is 0.562. The van der Waals surface area contributed by atoms with Crippen LogP contribution in [0.4, 0.5) is 0 Å². The van der Waals surface area contributed by atoms with Crippen molar-refractivity contribution in [2.24, 2.45) is 11.1 Å². The molecule has 0 aliphatic carbocycles. The number of hydrogen-bond acceptors (Lipinski definition) is 4. The van der Waals surface area contributed by atoms with Crippen LogP contribution in [0.3, 0.4) is 0 Å². The first-order valence-electron chi connectivity index (χ1n) is 7.17. The average Bonchev–Trinajstić information content (AvgIpc) is 2.80. The van der Waals surface area contributed by atoms with Gasteiger partial charge in [0, 0.05) is 12.5 Å². The number of carbonyl (C=O) groups excluding carboxylic acids is 1. The molecule has 2 heterocycles. The van der Waals surface area contributed by atoms with Gasteiger partial charge in [-0.3, -0.25) is 4.79 Å². The van der Waals surface area contributed by atoms with Gasteiger partial charge in [-0.25, -0.2) is 0 Å². The molecule has 1 saturated heterocycles. The molecule has 1 fully saturated rings. The highest BCUT2D eigenvalue weighted by molar-refractivity contribution is 5.86. The summed E-state index contributed by atoms with van der Waals surface area (Å²) in [6, 6.07) is 7.98. The van der Waals surface area contributed by atoms with Crippen molar-refractivity contribution in [3.63, 3.8) is 0 Å². The van der Waals surface area contributed by atoms with Gasteiger partial charge < -0.3 is 15.2 Å². The van der Waals surface area contributed by atoms with Gasteiger partial charge in [-0.05, 0) is 24.5 Å². The molecule has 4 nitrogen and oxygen atoms in total. The van der Waals surface area contributed by atoms with Crippen molar-refractivity contribution in [2.75, 3.05) is 19.8 Å². The normalized spacial score (nSPS) is 32.9. The summed E-state index contributed by atoms with van der Waals surface area (Å²) < 4.78 is 11.2. The molecule has 2 aliphatic rings.